The predicted octanol–water partition coefficient (Wildman–Crippen LogP) is 7.66. The normalized spacial score (nSPS) is 18.3. The molecular weight excluding hydrogens is 741 g/mol. The predicted molar refractivity (Wildman–Crippen MR) is 217 cm³/mol. The lowest BCUT2D eigenvalue weighted by atomic mass is 9.85. The molecule has 5 heterocycles. The van der Waals surface area contributed by atoms with Crippen LogP contribution in [0.1, 0.15) is 91.0 Å². The molecule has 15 heteroatoms. The molecule has 58 heavy (non-hydrogen) atoms. The number of aromatic nitrogens is 4. The van der Waals surface area contributed by atoms with Gasteiger partial charge >= 0.3 is 12.2 Å². The number of furan rings is 1. The molecule has 7 rings (SSSR count). The summed E-state index contributed by atoms with van der Waals surface area (Å²) in [7, 11) is 1.29. The van der Waals surface area contributed by atoms with Gasteiger partial charge in [0.15, 0.2) is 0 Å². The van der Waals surface area contributed by atoms with Crippen LogP contribution in [0.25, 0.3) is 44.8 Å². The molecule has 2 unspecified atom stereocenters. The summed E-state index contributed by atoms with van der Waals surface area (Å²) in [6.07, 6.45) is 4.78. The fourth-order valence-electron chi connectivity index (χ4n) is 8.03. The van der Waals surface area contributed by atoms with Crippen LogP contribution < -0.4 is 10.6 Å². The molecule has 2 aliphatic heterocycles. The van der Waals surface area contributed by atoms with Crippen molar-refractivity contribution >= 4 is 35.0 Å². The molecule has 4 amide bonds. The van der Waals surface area contributed by atoms with E-state index in [1.54, 1.807) is 22.2 Å². The molecule has 3 aromatic heterocycles. The summed E-state index contributed by atoms with van der Waals surface area (Å²) in [6.45, 7) is 12.4. The third-order valence-corrected chi connectivity index (χ3v) is 11.1. The van der Waals surface area contributed by atoms with Crippen LogP contribution in [0.15, 0.2) is 65.3 Å². The number of rotatable bonds is 9. The molecule has 2 fully saturated rings. The zero-order chi connectivity index (χ0) is 41.5. The average molecular weight is 793 g/mol. The van der Waals surface area contributed by atoms with Crippen molar-refractivity contribution in [2.24, 2.45) is 10.8 Å². The number of amides is 4. The highest BCUT2D eigenvalue weighted by molar-refractivity contribution is 5.89. The van der Waals surface area contributed by atoms with Crippen molar-refractivity contribution < 1.29 is 33.4 Å². The number of H-pyrrole nitrogens is 2. The van der Waals surface area contributed by atoms with Crippen LogP contribution in [-0.4, -0.2) is 91.1 Å². The Bertz CT molecular complexity index is 2310. The van der Waals surface area contributed by atoms with Gasteiger partial charge in [0.25, 0.3) is 0 Å². The van der Waals surface area contributed by atoms with E-state index in [2.05, 4.69) is 25.6 Å². The lowest BCUT2D eigenvalue weighted by Gasteiger charge is -2.35. The maximum atomic E-state index is 13.8. The summed E-state index contributed by atoms with van der Waals surface area (Å²) < 4.78 is 11.1. The molecule has 0 radical (unpaired) electrons. The van der Waals surface area contributed by atoms with Gasteiger partial charge in [0.05, 0.1) is 43.0 Å². The van der Waals surface area contributed by atoms with Gasteiger partial charge in [-0.15, -0.1) is 0 Å². The van der Waals surface area contributed by atoms with Crippen molar-refractivity contribution in [3.63, 3.8) is 0 Å². The number of ether oxygens (including phenoxy) is 1. The van der Waals surface area contributed by atoms with E-state index in [1.165, 1.54) is 7.11 Å². The first-order valence-corrected chi connectivity index (χ1v) is 19.7. The summed E-state index contributed by atoms with van der Waals surface area (Å²) in [5.74, 6) is 1.66. The van der Waals surface area contributed by atoms with Gasteiger partial charge in [-0.05, 0) is 66.3 Å². The number of fused-ring (bicyclic) bond motifs is 1. The second-order valence-electron chi connectivity index (χ2n) is 17.4. The number of carboxylic acid groups (broad SMARTS) is 1. The number of carbonyl (C=O) groups excluding carboxylic acids is 3. The Balaban J connectivity index is 1.04. The van der Waals surface area contributed by atoms with Gasteiger partial charge < -0.3 is 44.7 Å². The van der Waals surface area contributed by atoms with Crippen molar-refractivity contribution in [1.82, 2.24) is 40.4 Å². The Morgan fingerprint density at radius 1 is 0.759 bits per heavy atom. The minimum Gasteiger partial charge on any atom is -0.465 e. The Morgan fingerprint density at radius 2 is 1.26 bits per heavy atom. The van der Waals surface area contributed by atoms with Crippen molar-refractivity contribution in [2.45, 2.75) is 91.4 Å². The van der Waals surface area contributed by atoms with E-state index in [9.17, 15) is 24.3 Å². The maximum absolute atomic E-state index is 13.8. The summed E-state index contributed by atoms with van der Waals surface area (Å²) in [6, 6.07) is 13.8. The number of benzene rings is 2. The molecule has 2 aliphatic rings. The monoisotopic (exact) mass is 792 g/mol. The first-order valence-electron chi connectivity index (χ1n) is 19.7. The molecule has 0 spiro atoms. The molecule has 306 valence electrons. The summed E-state index contributed by atoms with van der Waals surface area (Å²) >= 11 is 0. The van der Waals surface area contributed by atoms with Gasteiger partial charge in [-0.25, -0.2) is 19.6 Å². The third-order valence-electron chi connectivity index (χ3n) is 11.1. The fourth-order valence-corrected chi connectivity index (χ4v) is 8.03. The van der Waals surface area contributed by atoms with Gasteiger partial charge in [0, 0.05) is 29.6 Å². The molecule has 0 bridgehead atoms. The lowest BCUT2D eigenvalue weighted by Crippen LogP contribution is -2.54. The van der Waals surface area contributed by atoms with Crippen LogP contribution in [0.3, 0.4) is 0 Å². The zero-order valence-corrected chi connectivity index (χ0v) is 34.0. The number of hydrogen-bond donors (Lipinski definition) is 5. The standard InChI is InChI=1S/C43H52N8O7/c1-42(2,3)34(48-40(54)55)38(52)50-18-8-10-30(50)36-44-22-28(46-36)24-12-14-25(15-13-24)33-21-27-20-26(16-17-32(27)58-33)29-23-45-37(47-29)31-11-9-19-51(31)39(53)35(43(4,5)6)49-41(56)57-7/h12-17,20-23,30-31,34-35,48H,8-11,18-19H2,1-7H3,(H,44,46)(H,45,47)(H,49,56)(H,54,55)/t30-,31-,34?,35?/m0/s1. The number of nitrogens with one attached hydrogen (secondary N) is 4. The molecular formula is C43H52N8O7. The number of likely N-dealkylation sites (tertiary alicyclic amines) is 2. The van der Waals surface area contributed by atoms with E-state index in [-0.39, 0.29) is 23.9 Å². The summed E-state index contributed by atoms with van der Waals surface area (Å²) in [5, 5.41) is 15.5. The van der Waals surface area contributed by atoms with Gasteiger partial charge in [-0.2, -0.15) is 0 Å². The molecule has 0 aliphatic carbocycles. The topological polar surface area (TPSA) is 199 Å². The number of alkyl carbamates (subject to hydrolysis) is 1. The maximum Gasteiger partial charge on any atom is 0.407 e. The van der Waals surface area contributed by atoms with Crippen LogP contribution in [0.5, 0.6) is 0 Å². The highest BCUT2D eigenvalue weighted by Crippen LogP contribution is 2.37. The minimum absolute atomic E-state index is 0.166. The van der Waals surface area contributed by atoms with Crippen LogP contribution in [-0.2, 0) is 14.3 Å². The molecule has 5 N–H and O–H groups in total. The first-order chi connectivity index (χ1) is 27.5. The molecule has 0 saturated carbocycles. The van der Waals surface area contributed by atoms with Crippen LogP contribution in [0, 0.1) is 10.8 Å². The van der Waals surface area contributed by atoms with Crippen molar-refractivity contribution in [2.75, 3.05) is 20.2 Å². The highest BCUT2D eigenvalue weighted by Gasteiger charge is 2.42. The van der Waals surface area contributed by atoms with Crippen LogP contribution >= 0.6 is 0 Å². The van der Waals surface area contributed by atoms with Gasteiger partial charge in [-0.1, -0.05) is 65.8 Å². The second kappa shape index (κ2) is 15.7. The molecule has 2 saturated heterocycles. The van der Waals surface area contributed by atoms with E-state index in [0.29, 0.717) is 30.5 Å². The minimum atomic E-state index is -1.23. The fraction of sp³-hybridized carbons (Fsp3) is 0.442. The van der Waals surface area contributed by atoms with E-state index in [1.807, 2.05) is 90.1 Å². The van der Waals surface area contributed by atoms with Gasteiger partial charge in [-0.3, -0.25) is 9.59 Å². The number of imidazole rings is 2. The Morgan fingerprint density at radius 3 is 1.78 bits per heavy atom. The van der Waals surface area contributed by atoms with E-state index in [0.717, 1.165) is 64.7 Å². The smallest absolute Gasteiger partial charge is 0.407 e. The van der Waals surface area contributed by atoms with E-state index in [4.69, 9.17) is 14.1 Å². The Hall–Kier alpha value is -6.12. The van der Waals surface area contributed by atoms with Crippen LogP contribution in [0.4, 0.5) is 9.59 Å². The summed E-state index contributed by atoms with van der Waals surface area (Å²) in [4.78, 5) is 70.7. The third kappa shape index (κ3) is 8.16. The Kier molecular flexibility index (Phi) is 10.8. The van der Waals surface area contributed by atoms with Crippen molar-refractivity contribution in [1.29, 1.82) is 0 Å². The van der Waals surface area contributed by atoms with Gasteiger partial charge in [0.1, 0.15) is 35.1 Å². The van der Waals surface area contributed by atoms with Crippen molar-refractivity contribution in [3.8, 4) is 33.8 Å². The number of aromatic amines is 2. The SMILES string of the molecule is COC(=O)NC(C(=O)N1CCC[C@H]1c1ncc(-c2ccc3oc(-c4ccc(-c5cnc([C@@H]6CCCN6C(=O)C(NC(=O)O)C(C)(C)C)[nH]5)cc4)cc3c2)[nH]1)C(C)(C)C. The molecule has 4 atom stereocenters. The van der Waals surface area contributed by atoms with Crippen LogP contribution in [0.2, 0.25) is 0 Å². The zero-order valence-electron chi connectivity index (χ0n) is 34.0. The quantitative estimate of drug-likeness (QED) is 0.0995. The Labute approximate surface area is 336 Å². The highest BCUT2D eigenvalue weighted by atomic mass is 16.5. The molecule has 2 aromatic carbocycles. The number of nitrogens with zero attached hydrogens (tertiary/aromatic N) is 4. The second-order valence-corrected chi connectivity index (χ2v) is 17.4. The molecule has 15 nitrogen and oxygen atoms in total. The number of hydrogen-bond acceptors (Lipinski definition) is 8. The number of methoxy groups -OCH3 is 1. The van der Waals surface area contributed by atoms with E-state index < -0.39 is 35.1 Å². The van der Waals surface area contributed by atoms with Crippen molar-refractivity contribution in [3.05, 3.63) is 72.6 Å². The van der Waals surface area contributed by atoms with Gasteiger partial charge in [0.2, 0.25) is 11.8 Å². The number of carbonyl (C=O) groups is 4. The first kappa shape index (κ1) is 40.1. The largest absolute Gasteiger partial charge is 0.465 e. The molecule has 5 aromatic rings. The average Bonchev–Trinajstić information content (AvgIpc) is 4.02. The lowest BCUT2D eigenvalue weighted by molar-refractivity contribution is -0.137. The van der Waals surface area contributed by atoms with E-state index >= 15 is 0 Å². The summed E-state index contributed by atoms with van der Waals surface area (Å²) in [5.41, 5.74) is 3.98.